The third-order valence-corrected chi connectivity index (χ3v) is 3.53. The van der Waals surface area contributed by atoms with Crippen LogP contribution in [0.15, 0.2) is 53.4 Å². The highest BCUT2D eigenvalue weighted by Gasteiger charge is 2.30. The van der Waals surface area contributed by atoms with Crippen molar-refractivity contribution in [1.29, 1.82) is 0 Å². The van der Waals surface area contributed by atoms with Gasteiger partial charge in [0.15, 0.2) is 0 Å². The fraction of sp³-hybridized carbons (Fsp3) is 0.0667. The maximum absolute atomic E-state index is 12.7. The van der Waals surface area contributed by atoms with Crippen molar-refractivity contribution in [2.24, 2.45) is 0 Å². The summed E-state index contributed by atoms with van der Waals surface area (Å²) < 4.78 is 38.1. The highest BCUT2D eigenvalue weighted by atomic mass is 32.1. The van der Waals surface area contributed by atoms with Gasteiger partial charge in [0.1, 0.15) is 0 Å². The summed E-state index contributed by atoms with van der Waals surface area (Å²) in [5.74, 6) is 0. The van der Waals surface area contributed by atoms with Crippen LogP contribution in [0.5, 0.6) is 0 Å². The van der Waals surface area contributed by atoms with Crippen molar-refractivity contribution >= 4 is 34.2 Å². The maximum Gasteiger partial charge on any atom is 0.416 e. The van der Waals surface area contributed by atoms with E-state index in [1.807, 2.05) is 24.3 Å². The number of alkyl halides is 3. The quantitative estimate of drug-likeness (QED) is 0.418. The smallest absolute Gasteiger partial charge is 0.166 e. The van der Waals surface area contributed by atoms with Gasteiger partial charge in [0.2, 0.25) is 0 Å². The Kier molecular flexibility index (Phi) is 2.71. The van der Waals surface area contributed by atoms with E-state index in [0.29, 0.717) is 5.39 Å². The predicted molar refractivity (Wildman–Crippen MR) is 73.7 cm³/mol. The van der Waals surface area contributed by atoms with E-state index >= 15 is 0 Å². The van der Waals surface area contributed by atoms with E-state index in [9.17, 15) is 13.2 Å². The number of hydrogen-bond donors (Lipinski definition) is 1. The molecular formula is C15H9F3S. The Balaban J connectivity index is 2.34. The van der Waals surface area contributed by atoms with Crippen LogP contribution in [-0.4, -0.2) is 0 Å². The lowest BCUT2D eigenvalue weighted by molar-refractivity contribution is -0.137. The second-order valence-electron chi connectivity index (χ2n) is 4.41. The minimum atomic E-state index is -4.32. The lowest BCUT2D eigenvalue weighted by Gasteiger charge is -2.09. The van der Waals surface area contributed by atoms with E-state index in [0.717, 1.165) is 27.1 Å². The average molecular weight is 278 g/mol. The summed E-state index contributed by atoms with van der Waals surface area (Å²) in [4.78, 5) is 0.761. The molecule has 0 N–H and O–H groups in total. The number of rotatable bonds is 0. The normalized spacial score (nSPS) is 12.2. The van der Waals surface area contributed by atoms with Crippen LogP contribution < -0.4 is 0 Å². The molecule has 0 spiro atoms. The molecule has 0 atom stereocenters. The van der Waals surface area contributed by atoms with E-state index in [-0.39, 0.29) is 0 Å². The van der Waals surface area contributed by atoms with Crippen LogP contribution in [0.25, 0.3) is 21.5 Å². The molecule has 0 amide bonds. The number of halogens is 3. The number of thiol groups is 1. The van der Waals surface area contributed by atoms with Gasteiger partial charge < -0.3 is 0 Å². The van der Waals surface area contributed by atoms with Crippen LogP contribution in [0.1, 0.15) is 5.56 Å². The third-order valence-electron chi connectivity index (χ3n) is 3.14. The molecule has 0 aliphatic heterocycles. The third kappa shape index (κ3) is 2.16. The molecule has 0 aliphatic rings. The van der Waals surface area contributed by atoms with Crippen molar-refractivity contribution in [2.75, 3.05) is 0 Å². The van der Waals surface area contributed by atoms with Gasteiger partial charge >= 0.3 is 6.18 Å². The van der Waals surface area contributed by atoms with Gasteiger partial charge in [0.25, 0.3) is 0 Å². The van der Waals surface area contributed by atoms with Crippen molar-refractivity contribution in [3.63, 3.8) is 0 Å². The molecule has 0 bridgehead atoms. The van der Waals surface area contributed by atoms with Crippen molar-refractivity contribution in [2.45, 2.75) is 11.1 Å². The molecule has 0 radical (unpaired) electrons. The summed E-state index contributed by atoms with van der Waals surface area (Å²) in [5, 5.41) is 3.20. The minimum Gasteiger partial charge on any atom is -0.166 e. The van der Waals surface area contributed by atoms with Crippen molar-refractivity contribution in [3.8, 4) is 0 Å². The highest BCUT2D eigenvalue weighted by molar-refractivity contribution is 7.80. The van der Waals surface area contributed by atoms with E-state index in [1.165, 1.54) is 12.1 Å². The summed E-state index contributed by atoms with van der Waals surface area (Å²) in [5.41, 5.74) is -0.629. The van der Waals surface area contributed by atoms with Gasteiger partial charge in [-0.2, -0.15) is 13.2 Å². The molecule has 0 heterocycles. The summed E-state index contributed by atoms with van der Waals surface area (Å²) in [6.07, 6.45) is -4.32. The van der Waals surface area contributed by atoms with Crippen LogP contribution in [0, 0.1) is 0 Å². The lowest BCUT2D eigenvalue weighted by atomic mass is 10.0. The SMILES string of the molecule is FC(F)(F)c1ccc2cc3cccc(S)c3cc2c1. The zero-order chi connectivity index (χ0) is 13.6. The van der Waals surface area contributed by atoms with Crippen LogP contribution >= 0.6 is 12.6 Å². The van der Waals surface area contributed by atoms with E-state index in [2.05, 4.69) is 12.6 Å². The largest absolute Gasteiger partial charge is 0.416 e. The Morgan fingerprint density at radius 2 is 1.58 bits per heavy atom. The maximum atomic E-state index is 12.7. The fourth-order valence-electron chi connectivity index (χ4n) is 2.18. The van der Waals surface area contributed by atoms with Crippen LogP contribution in [0.3, 0.4) is 0 Å². The Morgan fingerprint density at radius 1 is 0.789 bits per heavy atom. The lowest BCUT2D eigenvalue weighted by Crippen LogP contribution is -2.04. The van der Waals surface area contributed by atoms with Gasteiger partial charge in [-0.3, -0.25) is 0 Å². The standard InChI is InChI=1S/C15H9F3S/c16-15(17,18)12-5-4-9-6-10-2-1-3-14(19)13(10)8-11(9)7-12/h1-8,19H. The topological polar surface area (TPSA) is 0 Å². The summed E-state index contributed by atoms with van der Waals surface area (Å²) in [7, 11) is 0. The predicted octanol–water partition coefficient (Wildman–Crippen LogP) is 5.30. The molecule has 4 heteroatoms. The zero-order valence-corrected chi connectivity index (χ0v) is 10.6. The molecule has 0 fully saturated rings. The van der Waals surface area contributed by atoms with Gasteiger partial charge in [0, 0.05) is 4.90 Å². The molecule has 19 heavy (non-hydrogen) atoms. The van der Waals surface area contributed by atoms with E-state index in [4.69, 9.17) is 0 Å². The second kappa shape index (κ2) is 4.17. The first-order chi connectivity index (χ1) is 8.95. The number of hydrogen-bond acceptors (Lipinski definition) is 1. The number of fused-ring (bicyclic) bond motifs is 2. The second-order valence-corrected chi connectivity index (χ2v) is 4.89. The Morgan fingerprint density at radius 3 is 2.32 bits per heavy atom. The van der Waals surface area contributed by atoms with Crippen LogP contribution in [0.2, 0.25) is 0 Å². The molecule has 96 valence electrons. The highest BCUT2D eigenvalue weighted by Crippen LogP contribution is 2.33. The molecule has 0 unspecified atom stereocenters. The molecule has 0 aliphatic carbocycles. The molecule has 0 saturated heterocycles. The molecule has 3 aromatic rings. The van der Waals surface area contributed by atoms with Gasteiger partial charge in [-0.15, -0.1) is 12.6 Å². The minimum absolute atomic E-state index is 0.573. The Labute approximate surface area is 113 Å². The van der Waals surface area contributed by atoms with Gasteiger partial charge in [-0.1, -0.05) is 18.2 Å². The Bertz CT molecular complexity index is 775. The van der Waals surface area contributed by atoms with Gasteiger partial charge in [-0.25, -0.2) is 0 Å². The zero-order valence-electron chi connectivity index (χ0n) is 9.70. The van der Waals surface area contributed by atoms with Gasteiger partial charge in [-0.05, 0) is 51.9 Å². The van der Waals surface area contributed by atoms with Gasteiger partial charge in [0.05, 0.1) is 5.56 Å². The first-order valence-electron chi connectivity index (χ1n) is 5.68. The first kappa shape index (κ1) is 12.4. The summed E-state index contributed by atoms with van der Waals surface area (Å²) in [6, 6.07) is 13.0. The average Bonchev–Trinajstić information content (AvgIpc) is 2.35. The molecule has 3 rings (SSSR count). The van der Waals surface area contributed by atoms with Crippen LogP contribution in [-0.2, 0) is 6.18 Å². The van der Waals surface area contributed by atoms with Crippen molar-refractivity contribution in [3.05, 3.63) is 54.1 Å². The Hall–Kier alpha value is -1.68. The fourth-order valence-corrected chi connectivity index (χ4v) is 2.46. The van der Waals surface area contributed by atoms with E-state index in [1.54, 1.807) is 6.07 Å². The van der Waals surface area contributed by atoms with Crippen molar-refractivity contribution < 1.29 is 13.2 Å². The molecular weight excluding hydrogens is 269 g/mol. The summed E-state index contributed by atoms with van der Waals surface area (Å²) >= 11 is 4.34. The summed E-state index contributed by atoms with van der Waals surface area (Å²) in [6.45, 7) is 0. The van der Waals surface area contributed by atoms with Crippen LogP contribution in [0.4, 0.5) is 13.2 Å². The molecule has 3 aromatic carbocycles. The monoisotopic (exact) mass is 278 g/mol. The molecule has 0 aromatic heterocycles. The van der Waals surface area contributed by atoms with Crippen molar-refractivity contribution in [1.82, 2.24) is 0 Å². The molecule has 0 saturated carbocycles. The van der Waals surface area contributed by atoms with E-state index < -0.39 is 11.7 Å². The first-order valence-corrected chi connectivity index (χ1v) is 6.12. The number of benzene rings is 3. The molecule has 0 nitrogen and oxygen atoms in total.